The van der Waals surface area contributed by atoms with Gasteiger partial charge in [-0.05, 0) is 58.8 Å². The van der Waals surface area contributed by atoms with E-state index in [9.17, 15) is 14.7 Å². The zero-order chi connectivity index (χ0) is 18.5. The van der Waals surface area contributed by atoms with Crippen LogP contribution in [0.3, 0.4) is 0 Å². The number of rotatable bonds is 0. The van der Waals surface area contributed by atoms with Gasteiger partial charge in [0.05, 0.1) is 17.3 Å². The van der Waals surface area contributed by atoms with Crippen LogP contribution in [0.25, 0.3) is 0 Å². The van der Waals surface area contributed by atoms with E-state index in [1.165, 1.54) is 0 Å². The Labute approximate surface area is 149 Å². The van der Waals surface area contributed by atoms with E-state index in [0.29, 0.717) is 37.7 Å². The molecule has 25 heavy (non-hydrogen) atoms. The molecule has 0 spiro atoms. The van der Waals surface area contributed by atoms with Crippen molar-refractivity contribution in [1.29, 1.82) is 0 Å². The Morgan fingerprint density at radius 2 is 1.96 bits per heavy atom. The molecule has 2 fully saturated rings. The number of hydrogen-bond acceptors (Lipinski definition) is 5. The molecule has 0 aromatic heterocycles. The fourth-order valence-electron chi connectivity index (χ4n) is 3.86. The average Bonchev–Trinajstić information content (AvgIpc) is 3.18. The molecule has 0 aromatic rings. The maximum Gasteiger partial charge on any atom is 0.334 e. The summed E-state index contributed by atoms with van der Waals surface area (Å²) in [5, 5.41) is 10.5. The Hall–Kier alpha value is -1.46. The van der Waals surface area contributed by atoms with Crippen molar-refractivity contribution in [3.05, 3.63) is 24.3 Å². The molecule has 1 aliphatic carbocycles. The van der Waals surface area contributed by atoms with Crippen LogP contribution in [0.1, 0.15) is 59.3 Å². The van der Waals surface area contributed by atoms with Crippen molar-refractivity contribution in [2.75, 3.05) is 0 Å². The molecule has 2 bridgehead atoms. The van der Waals surface area contributed by atoms with E-state index in [-0.39, 0.29) is 29.8 Å². The summed E-state index contributed by atoms with van der Waals surface area (Å²) in [6, 6.07) is 0. The summed E-state index contributed by atoms with van der Waals surface area (Å²) in [7, 11) is 0. The van der Waals surface area contributed by atoms with Crippen LogP contribution in [0.5, 0.6) is 0 Å². The van der Waals surface area contributed by atoms with E-state index in [1.54, 1.807) is 19.9 Å². The van der Waals surface area contributed by atoms with Crippen LogP contribution in [-0.4, -0.2) is 39.8 Å². The number of fused-ring (bicyclic) bond motifs is 4. The number of esters is 1. The molecule has 0 saturated carbocycles. The quantitative estimate of drug-likeness (QED) is 0.315. The maximum absolute atomic E-state index is 12.7. The number of Topliss-reactive ketones (excluding diaryl/α,β-unsaturated/α-hetero) is 1. The zero-order valence-corrected chi connectivity index (χ0v) is 15.3. The van der Waals surface area contributed by atoms with E-state index in [1.807, 2.05) is 13.0 Å². The van der Waals surface area contributed by atoms with Crippen LogP contribution in [0.2, 0.25) is 0 Å². The fraction of sp³-hybridized carbons (Fsp3) is 0.700. The number of carbonyl (C=O) groups is 2. The molecule has 138 valence electrons. The maximum atomic E-state index is 12.7. The van der Waals surface area contributed by atoms with Gasteiger partial charge in [0.1, 0.15) is 0 Å². The molecule has 5 nitrogen and oxygen atoms in total. The molecule has 3 rings (SSSR count). The van der Waals surface area contributed by atoms with Crippen LogP contribution >= 0.6 is 0 Å². The highest BCUT2D eigenvalue weighted by molar-refractivity contribution is 5.94. The topological polar surface area (TPSA) is 76.1 Å². The van der Waals surface area contributed by atoms with Crippen molar-refractivity contribution in [3.63, 3.8) is 0 Å². The molecular formula is C20H28O5. The summed E-state index contributed by atoms with van der Waals surface area (Å²) in [5.41, 5.74) is -2.04. The second-order valence-corrected chi connectivity index (χ2v) is 8.42. The van der Waals surface area contributed by atoms with E-state index in [4.69, 9.17) is 9.47 Å². The lowest BCUT2D eigenvalue weighted by atomic mass is 9.82. The largest absolute Gasteiger partial charge is 0.448 e. The highest BCUT2D eigenvalue weighted by Gasteiger charge is 2.53. The van der Waals surface area contributed by atoms with E-state index >= 15 is 0 Å². The number of ether oxygens (including phenoxy) is 2. The van der Waals surface area contributed by atoms with Crippen LogP contribution in [0.15, 0.2) is 24.3 Å². The summed E-state index contributed by atoms with van der Waals surface area (Å²) in [6.45, 7) is 9.34. The van der Waals surface area contributed by atoms with Crippen molar-refractivity contribution in [2.24, 2.45) is 5.92 Å². The van der Waals surface area contributed by atoms with Gasteiger partial charge in [-0.1, -0.05) is 18.7 Å². The summed E-state index contributed by atoms with van der Waals surface area (Å²) < 4.78 is 11.4. The monoisotopic (exact) mass is 348 g/mol. The third-order valence-corrected chi connectivity index (χ3v) is 6.02. The Bertz CT molecular complexity index is 634. The second kappa shape index (κ2) is 6.06. The minimum atomic E-state index is -1.15. The first-order valence-corrected chi connectivity index (χ1v) is 9.08. The number of hydrogen-bond donors (Lipinski definition) is 1. The van der Waals surface area contributed by atoms with Gasteiger partial charge in [0.2, 0.25) is 0 Å². The number of aliphatic hydroxyl groups is 1. The first kappa shape index (κ1) is 18.3. The Morgan fingerprint density at radius 1 is 1.24 bits per heavy atom. The van der Waals surface area contributed by atoms with E-state index in [0.717, 1.165) is 0 Å². The van der Waals surface area contributed by atoms with Gasteiger partial charge in [-0.2, -0.15) is 0 Å². The number of carbonyl (C=O) groups excluding carboxylic acids is 2. The highest BCUT2D eigenvalue weighted by Crippen LogP contribution is 2.46. The van der Waals surface area contributed by atoms with E-state index < -0.39 is 17.2 Å². The van der Waals surface area contributed by atoms with Gasteiger partial charge in [0.15, 0.2) is 11.4 Å². The summed E-state index contributed by atoms with van der Waals surface area (Å²) in [4.78, 5) is 25.1. The predicted molar refractivity (Wildman–Crippen MR) is 92.9 cm³/mol. The second-order valence-electron chi connectivity index (χ2n) is 8.42. The van der Waals surface area contributed by atoms with Gasteiger partial charge in [0.25, 0.3) is 0 Å². The summed E-state index contributed by atoms with van der Waals surface area (Å²) in [5.74, 6) is -0.656. The van der Waals surface area contributed by atoms with Gasteiger partial charge in [-0.3, -0.25) is 4.79 Å². The number of ketones is 1. The molecule has 5 heteroatoms. The summed E-state index contributed by atoms with van der Waals surface area (Å²) in [6.07, 6.45) is 6.74. The molecular weight excluding hydrogens is 320 g/mol. The van der Waals surface area contributed by atoms with Crippen molar-refractivity contribution in [3.8, 4) is 0 Å². The molecule has 1 N–H and O–H groups in total. The molecule has 0 radical (unpaired) electrons. The SMILES string of the molecule is C=C1C(=O)OC2(C)CCC1CC1OC1(C)CC=CC(C)(O)CCC2=O. The predicted octanol–water partition coefficient (Wildman–Crippen LogP) is 2.86. The van der Waals surface area contributed by atoms with Crippen molar-refractivity contribution in [2.45, 2.75) is 82.2 Å². The normalized spacial score (nSPS) is 45.4. The molecule has 0 aromatic carbocycles. The van der Waals surface area contributed by atoms with Crippen molar-refractivity contribution in [1.82, 2.24) is 0 Å². The zero-order valence-electron chi connectivity index (χ0n) is 15.3. The van der Waals surface area contributed by atoms with E-state index in [2.05, 4.69) is 6.58 Å². The Balaban J connectivity index is 1.89. The smallest absolute Gasteiger partial charge is 0.334 e. The highest BCUT2D eigenvalue weighted by atomic mass is 16.6. The van der Waals surface area contributed by atoms with Gasteiger partial charge >= 0.3 is 5.97 Å². The number of epoxide rings is 1. The van der Waals surface area contributed by atoms with Crippen molar-refractivity contribution < 1.29 is 24.2 Å². The molecule has 3 aliphatic rings. The summed E-state index contributed by atoms with van der Waals surface area (Å²) >= 11 is 0. The van der Waals surface area contributed by atoms with Crippen LogP contribution in [-0.2, 0) is 19.1 Å². The molecule has 5 unspecified atom stereocenters. The third kappa shape index (κ3) is 3.72. The fourth-order valence-corrected chi connectivity index (χ4v) is 3.86. The van der Waals surface area contributed by atoms with Crippen LogP contribution < -0.4 is 0 Å². The standard InChI is InChI=1S/C20H28O5/c1-13-14-6-11-19(3,25-17(13)22)15(21)7-10-18(2,23)8-5-9-20(4)16(12-14)24-20/h5,8,14,16,23H,1,6-7,9-12H2,2-4H3. The Kier molecular flexibility index (Phi) is 4.44. The molecule has 2 saturated heterocycles. The first-order valence-electron chi connectivity index (χ1n) is 9.08. The molecule has 2 aliphatic heterocycles. The van der Waals surface area contributed by atoms with Gasteiger partial charge in [-0.15, -0.1) is 0 Å². The molecule has 2 heterocycles. The minimum Gasteiger partial charge on any atom is -0.448 e. The van der Waals surface area contributed by atoms with Crippen molar-refractivity contribution >= 4 is 11.8 Å². The van der Waals surface area contributed by atoms with Gasteiger partial charge in [0, 0.05) is 12.0 Å². The molecule has 5 atom stereocenters. The lowest BCUT2D eigenvalue weighted by molar-refractivity contribution is -0.162. The third-order valence-electron chi connectivity index (χ3n) is 6.02. The molecule has 0 amide bonds. The first-order chi connectivity index (χ1) is 11.5. The average molecular weight is 348 g/mol. The van der Waals surface area contributed by atoms with Gasteiger partial charge < -0.3 is 14.6 Å². The van der Waals surface area contributed by atoms with Gasteiger partial charge in [-0.25, -0.2) is 4.79 Å². The van der Waals surface area contributed by atoms with Crippen LogP contribution in [0.4, 0.5) is 0 Å². The lowest BCUT2D eigenvalue weighted by Crippen LogP contribution is -2.40. The Morgan fingerprint density at radius 3 is 2.68 bits per heavy atom. The minimum absolute atomic E-state index is 0.0241. The lowest BCUT2D eigenvalue weighted by Gasteiger charge is -2.28. The van der Waals surface area contributed by atoms with Crippen LogP contribution in [0, 0.1) is 5.92 Å².